The molecule has 0 unspecified atom stereocenters. The second kappa shape index (κ2) is 2.11. The van der Waals surface area contributed by atoms with Crippen LogP contribution in [0, 0.1) is 12.8 Å². The van der Waals surface area contributed by atoms with Crippen molar-refractivity contribution in [2.45, 2.75) is 26.2 Å². The van der Waals surface area contributed by atoms with Crippen LogP contribution in [-0.2, 0) is 6.42 Å². The van der Waals surface area contributed by atoms with Gasteiger partial charge in [-0.3, -0.25) is 0 Å². The highest BCUT2D eigenvalue weighted by atomic mass is 16.5. The third-order valence-corrected chi connectivity index (χ3v) is 1.87. The molecule has 1 aromatic rings. The number of aryl methyl sites for hydroxylation is 1. The van der Waals surface area contributed by atoms with Crippen LogP contribution < -0.4 is 0 Å². The Hall–Kier alpha value is -0.790. The van der Waals surface area contributed by atoms with Crippen LogP contribution in [0.4, 0.5) is 0 Å². The molecule has 0 saturated heterocycles. The van der Waals surface area contributed by atoms with Crippen molar-refractivity contribution in [3.05, 3.63) is 17.5 Å². The van der Waals surface area contributed by atoms with Crippen LogP contribution in [-0.4, -0.2) is 5.16 Å². The Kier molecular flexibility index (Phi) is 1.26. The molecule has 0 aliphatic heterocycles. The zero-order valence-corrected chi connectivity index (χ0v) is 6.13. The SMILES string of the molecule is Cc1cc(CC2CC2)no1. The molecular weight excluding hydrogens is 126 g/mol. The minimum absolute atomic E-state index is 0.907. The first-order chi connectivity index (χ1) is 4.84. The lowest BCUT2D eigenvalue weighted by Crippen LogP contribution is -1.84. The van der Waals surface area contributed by atoms with Gasteiger partial charge in [-0.25, -0.2) is 0 Å². The molecule has 0 bridgehead atoms. The molecule has 1 aliphatic rings. The highest BCUT2D eigenvalue weighted by Crippen LogP contribution is 2.32. The molecule has 0 atom stereocenters. The molecule has 1 aromatic heterocycles. The van der Waals surface area contributed by atoms with Crippen molar-refractivity contribution >= 4 is 0 Å². The zero-order valence-electron chi connectivity index (χ0n) is 6.13. The second-order valence-electron chi connectivity index (χ2n) is 3.08. The molecule has 1 saturated carbocycles. The van der Waals surface area contributed by atoms with E-state index in [2.05, 4.69) is 5.16 Å². The third-order valence-electron chi connectivity index (χ3n) is 1.87. The number of nitrogens with zero attached hydrogens (tertiary/aromatic N) is 1. The Morgan fingerprint density at radius 1 is 1.70 bits per heavy atom. The first-order valence-electron chi connectivity index (χ1n) is 3.77. The molecule has 0 radical (unpaired) electrons. The van der Waals surface area contributed by atoms with Gasteiger partial charge < -0.3 is 4.52 Å². The monoisotopic (exact) mass is 137 g/mol. The maximum Gasteiger partial charge on any atom is 0.133 e. The van der Waals surface area contributed by atoms with E-state index < -0.39 is 0 Å². The summed E-state index contributed by atoms with van der Waals surface area (Å²) < 4.78 is 4.94. The van der Waals surface area contributed by atoms with Crippen LogP contribution >= 0.6 is 0 Å². The quantitative estimate of drug-likeness (QED) is 0.622. The summed E-state index contributed by atoms with van der Waals surface area (Å²) in [7, 11) is 0. The highest BCUT2D eigenvalue weighted by molar-refractivity contribution is 5.05. The van der Waals surface area contributed by atoms with E-state index in [0.29, 0.717) is 0 Å². The van der Waals surface area contributed by atoms with Gasteiger partial charge in [0.05, 0.1) is 5.69 Å². The molecule has 1 fully saturated rings. The fourth-order valence-electron chi connectivity index (χ4n) is 1.13. The lowest BCUT2D eigenvalue weighted by molar-refractivity contribution is 0.389. The first-order valence-corrected chi connectivity index (χ1v) is 3.77. The van der Waals surface area contributed by atoms with Crippen molar-refractivity contribution in [1.29, 1.82) is 0 Å². The van der Waals surface area contributed by atoms with E-state index in [1.165, 1.54) is 12.8 Å². The maximum atomic E-state index is 4.94. The zero-order chi connectivity index (χ0) is 6.97. The Bertz CT molecular complexity index is 225. The van der Waals surface area contributed by atoms with Crippen molar-refractivity contribution < 1.29 is 4.52 Å². The van der Waals surface area contributed by atoms with Crippen LogP contribution in [0.2, 0.25) is 0 Å². The van der Waals surface area contributed by atoms with Crippen LogP contribution in [0.15, 0.2) is 10.6 Å². The number of hydrogen-bond acceptors (Lipinski definition) is 2. The fraction of sp³-hybridized carbons (Fsp3) is 0.625. The van der Waals surface area contributed by atoms with E-state index in [9.17, 15) is 0 Å². The summed E-state index contributed by atoms with van der Waals surface area (Å²) in [5.74, 6) is 1.83. The van der Waals surface area contributed by atoms with Crippen LogP contribution in [0.25, 0.3) is 0 Å². The van der Waals surface area contributed by atoms with Gasteiger partial charge in [0.15, 0.2) is 0 Å². The van der Waals surface area contributed by atoms with E-state index in [1.807, 2.05) is 13.0 Å². The Balaban J connectivity index is 2.03. The number of rotatable bonds is 2. The van der Waals surface area contributed by atoms with Gasteiger partial charge in [-0.05, 0) is 32.1 Å². The molecule has 2 nitrogen and oxygen atoms in total. The van der Waals surface area contributed by atoms with Crippen molar-refractivity contribution in [3.8, 4) is 0 Å². The standard InChI is InChI=1S/C8H11NO/c1-6-4-8(9-10-6)5-7-2-3-7/h4,7H,2-3,5H2,1H3. The summed E-state index contributed by atoms with van der Waals surface area (Å²) in [5.41, 5.74) is 1.13. The first kappa shape index (κ1) is 5.96. The Morgan fingerprint density at radius 3 is 3.00 bits per heavy atom. The van der Waals surface area contributed by atoms with Gasteiger partial charge in [0.25, 0.3) is 0 Å². The molecule has 10 heavy (non-hydrogen) atoms. The maximum absolute atomic E-state index is 4.94. The van der Waals surface area contributed by atoms with Gasteiger partial charge in [0.1, 0.15) is 5.76 Å². The number of aromatic nitrogens is 1. The van der Waals surface area contributed by atoms with E-state index in [-0.39, 0.29) is 0 Å². The van der Waals surface area contributed by atoms with E-state index in [1.54, 1.807) is 0 Å². The molecule has 2 heteroatoms. The minimum atomic E-state index is 0.907. The summed E-state index contributed by atoms with van der Waals surface area (Å²) in [4.78, 5) is 0. The highest BCUT2D eigenvalue weighted by Gasteiger charge is 2.22. The lowest BCUT2D eigenvalue weighted by atomic mass is 10.2. The summed E-state index contributed by atoms with van der Waals surface area (Å²) in [6, 6.07) is 2.03. The van der Waals surface area contributed by atoms with Gasteiger partial charge in [-0.2, -0.15) is 0 Å². The Morgan fingerprint density at radius 2 is 2.50 bits per heavy atom. The molecule has 0 spiro atoms. The molecule has 1 aliphatic carbocycles. The lowest BCUT2D eigenvalue weighted by Gasteiger charge is -1.85. The fourth-order valence-corrected chi connectivity index (χ4v) is 1.13. The van der Waals surface area contributed by atoms with Crippen molar-refractivity contribution in [2.24, 2.45) is 5.92 Å². The molecular formula is C8H11NO. The predicted molar refractivity (Wildman–Crippen MR) is 37.7 cm³/mol. The van der Waals surface area contributed by atoms with Crippen LogP contribution in [0.1, 0.15) is 24.3 Å². The van der Waals surface area contributed by atoms with Crippen molar-refractivity contribution in [3.63, 3.8) is 0 Å². The van der Waals surface area contributed by atoms with Gasteiger partial charge in [-0.15, -0.1) is 0 Å². The van der Waals surface area contributed by atoms with E-state index in [0.717, 1.165) is 23.8 Å². The summed E-state index contributed by atoms with van der Waals surface area (Å²) >= 11 is 0. The predicted octanol–water partition coefficient (Wildman–Crippen LogP) is 1.94. The van der Waals surface area contributed by atoms with E-state index >= 15 is 0 Å². The molecule has 2 rings (SSSR count). The van der Waals surface area contributed by atoms with Gasteiger partial charge in [0.2, 0.25) is 0 Å². The summed E-state index contributed by atoms with van der Waals surface area (Å²) in [6.45, 7) is 1.93. The molecule has 54 valence electrons. The van der Waals surface area contributed by atoms with Crippen LogP contribution in [0.5, 0.6) is 0 Å². The Labute approximate surface area is 60.2 Å². The van der Waals surface area contributed by atoms with Crippen LogP contribution in [0.3, 0.4) is 0 Å². The normalized spacial score (nSPS) is 17.7. The molecule has 0 aromatic carbocycles. The number of hydrogen-bond donors (Lipinski definition) is 0. The average Bonchev–Trinajstić information content (AvgIpc) is 2.59. The van der Waals surface area contributed by atoms with E-state index in [4.69, 9.17) is 4.52 Å². The average molecular weight is 137 g/mol. The van der Waals surface area contributed by atoms with Gasteiger partial charge in [0, 0.05) is 6.07 Å². The second-order valence-corrected chi connectivity index (χ2v) is 3.08. The summed E-state index contributed by atoms with van der Waals surface area (Å²) in [6.07, 6.45) is 3.88. The van der Waals surface area contributed by atoms with Gasteiger partial charge >= 0.3 is 0 Å². The topological polar surface area (TPSA) is 26.0 Å². The largest absolute Gasteiger partial charge is 0.361 e. The third kappa shape index (κ3) is 1.20. The molecule has 1 heterocycles. The summed E-state index contributed by atoms with van der Waals surface area (Å²) in [5, 5.41) is 3.92. The molecule has 0 N–H and O–H groups in total. The van der Waals surface area contributed by atoms with Gasteiger partial charge in [-0.1, -0.05) is 5.16 Å². The van der Waals surface area contributed by atoms with Crippen molar-refractivity contribution in [1.82, 2.24) is 5.16 Å². The smallest absolute Gasteiger partial charge is 0.133 e. The molecule has 0 amide bonds. The minimum Gasteiger partial charge on any atom is -0.361 e. The van der Waals surface area contributed by atoms with Crippen molar-refractivity contribution in [2.75, 3.05) is 0 Å².